The Hall–Kier alpha value is -2.63. The van der Waals surface area contributed by atoms with Crippen LogP contribution in [0.3, 0.4) is 0 Å². The fourth-order valence-corrected chi connectivity index (χ4v) is 1.42. The number of hydrogen-bond acceptors (Lipinski definition) is 4. The van der Waals surface area contributed by atoms with Crippen LogP contribution in [0, 0.1) is 0 Å². The van der Waals surface area contributed by atoms with Gasteiger partial charge in [-0.2, -0.15) is 0 Å². The minimum absolute atomic E-state index is 0.115. The summed E-state index contributed by atoms with van der Waals surface area (Å²) < 4.78 is 5.08. The highest BCUT2D eigenvalue weighted by molar-refractivity contribution is 6.37. The second-order valence-electron chi connectivity index (χ2n) is 3.22. The Morgan fingerprint density at radius 1 is 1.24 bits per heavy atom. The zero-order chi connectivity index (χ0) is 12.4. The van der Waals surface area contributed by atoms with E-state index >= 15 is 0 Å². The number of nitrogens with one attached hydrogen (secondary N) is 1. The summed E-state index contributed by atoms with van der Waals surface area (Å²) in [5.74, 6) is -2.83. The smallest absolute Gasteiger partial charge is 0.394 e. The molecule has 1 heterocycles. The Labute approximate surface area is 94.5 Å². The molecule has 1 aromatic carbocycles. The lowest BCUT2D eigenvalue weighted by Crippen LogP contribution is -2.22. The molecule has 0 atom stereocenters. The zero-order valence-corrected chi connectivity index (χ0v) is 8.47. The van der Waals surface area contributed by atoms with Crippen molar-refractivity contribution in [2.45, 2.75) is 0 Å². The van der Waals surface area contributed by atoms with Crippen LogP contribution in [-0.2, 0) is 9.59 Å². The number of carbonyl (C=O) groups excluding carboxylic acids is 1. The third-order valence-electron chi connectivity index (χ3n) is 2.13. The van der Waals surface area contributed by atoms with E-state index in [0.717, 1.165) is 0 Å². The normalized spacial score (nSPS) is 10.1. The van der Waals surface area contributed by atoms with Gasteiger partial charge in [-0.1, -0.05) is 6.07 Å². The molecule has 6 nitrogen and oxygen atoms in total. The largest absolute Gasteiger partial charge is 0.474 e. The second kappa shape index (κ2) is 4.09. The molecule has 2 N–H and O–H groups in total. The number of hydrogen-bond donors (Lipinski definition) is 2. The first kappa shape index (κ1) is 10.9. The maximum Gasteiger partial charge on any atom is 0.394 e. The summed E-state index contributed by atoms with van der Waals surface area (Å²) in [7, 11) is 0. The molecule has 86 valence electrons. The molecule has 0 unspecified atom stereocenters. The van der Waals surface area contributed by atoms with E-state index in [1.807, 2.05) is 0 Å². The van der Waals surface area contributed by atoms with Gasteiger partial charge >= 0.3 is 11.9 Å². The summed E-state index contributed by atoms with van der Waals surface area (Å²) in [5, 5.41) is 10.7. The van der Waals surface area contributed by atoms with Gasteiger partial charge in [0.15, 0.2) is 5.43 Å². The number of anilines is 1. The lowest BCUT2D eigenvalue weighted by atomic mass is 10.2. The number of fused-ring (bicyclic) bond motifs is 1. The number of benzene rings is 1. The number of carboxylic acids is 1. The molecule has 0 radical (unpaired) electrons. The summed E-state index contributed by atoms with van der Waals surface area (Å²) in [6.07, 6.45) is 1.23. The van der Waals surface area contributed by atoms with Gasteiger partial charge in [-0.15, -0.1) is 0 Å². The van der Waals surface area contributed by atoms with E-state index in [1.54, 1.807) is 12.1 Å². The van der Waals surface area contributed by atoms with Crippen LogP contribution in [0.25, 0.3) is 11.0 Å². The highest BCUT2D eigenvalue weighted by Gasteiger charge is 2.14. The standard InChI is InChI=1S/C11H7NO5/c13-7-4-5-17-8-3-1-2-6(9(7)8)12-10(14)11(15)16/h1-5H,(H,12,14)(H,15,16). The molecular formula is C11H7NO5. The van der Waals surface area contributed by atoms with Gasteiger partial charge in [0.1, 0.15) is 5.58 Å². The highest BCUT2D eigenvalue weighted by atomic mass is 16.4. The van der Waals surface area contributed by atoms with E-state index in [4.69, 9.17) is 9.52 Å². The van der Waals surface area contributed by atoms with E-state index in [-0.39, 0.29) is 22.1 Å². The second-order valence-corrected chi connectivity index (χ2v) is 3.22. The summed E-state index contributed by atoms with van der Waals surface area (Å²) >= 11 is 0. The number of carboxylic acid groups (broad SMARTS) is 1. The van der Waals surface area contributed by atoms with Gasteiger partial charge in [-0.3, -0.25) is 9.59 Å². The van der Waals surface area contributed by atoms with Crippen LogP contribution < -0.4 is 10.7 Å². The molecule has 0 aliphatic carbocycles. The third kappa shape index (κ3) is 2.00. The quantitative estimate of drug-likeness (QED) is 0.710. The fourth-order valence-electron chi connectivity index (χ4n) is 1.42. The van der Waals surface area contributed by atoms with E-state index in [2.05, 4.69) is 5.32 Å². The molecule has 1 amide bonds. The lowest BCUT2D eigenvalue weighted by molar-refractivity contribution is -0.147. The van der Waals surface area contributed by atoms with E-state index < -0.39 is 11.9 Å². The Balaban J connectivity index is 2.58. The van der Waals surface area contributed by atoms with Gasteiger partial charge in [-0.25, -0.2) is 4.79 Å². The van der Waals surface area contributed by atoms with Crippen molar-refractivity contribution in [2.75, 3.05) is 5.32 Å². The first-order chi connectivity index (χ1) is 8.09. The summed E-state index contributed by atoms with van der Waals surface area (Å²) in [5.41, 5.74) is 0.0393. The number of carbonyl (C=O) groups is 2. The first-order valence-electron chi connectivity index (χ1n) is 4.64. The lowest BCUT2D eigenvalue weighted by Gasteiger charge is -2.04. The van der Waals surface area contributed by atoms with Crippen LogP contribution >= 0.6 is 0 Å². The van der Waals surface area contributed by atoms with Gasteiger partial charge < -0.3 is 14.8 Å². The predicted octanol–water partition coefficient (Wildman–Crippen LogP) is 0.816. The molecule has 1 aromatic heterocycles. The number of aliphatic carboxylic acids is 1. The molecule has 2 aromatic rings. The monoisotopic (exact) mass is 233 g/mol. The number of amides is 1. The van der Waals surface area contributed by atoms with Gasteiger partial charge in [0.05, 0.1) is 17.3 Å². The zero-order valence-electron chi connectivity index (χ0n) is 8.47. The molecule has 17 heavy (non-hydrogen) atoms. The van der Waals surface area contributed by atoms with Crippen molar-refractivity contribution < 1.29 is 19.1 Å². The summed E-state index contributed by atoms with van der Waals surface area (Å²) in [6, 6.07) is 5.72. The van der Waals surface area contributed by atoms with E-state index in [9.17, 15) is 14.4 Å². The van der Waals surface area contributed by atoms with Crippen molar-refractivity contribution in [3.63, 3.8) is 0 Å². The summed E-state index contributed by atoms with van der Waals surface area (Å²) in [6.45, 7) is 0. The van der Waals surface area contributed by atoms with Crippen LogP contribution in [0.15, 0.2) is 39.7 Å². The maximum atomic E-state index is 11.6. The van der Waals surface area contributed by atoms with Crippen molar-refractivity contribution in [3.05, 3.63) is 40.8 Å². The van der Waals surface area contributed by atoms with Crippen molar-refractivity contribution in [3.8, 4) is 0 Å². The third-order valence-corrected chi connectivity index (χ3v) is 2.13. The average molecular weight is 233 g/mol. The molecule has 0 aliphatic rings. The van der Waals surface area contributed by atoms with Crippen molar-refractivity contribution in [2.24, 2.45) is 0 Å². The first-order valence-corrected chi connectivity index (χ1v) is 4.64. The Kier molecular flexibility index (Phi) is 2.61. The van der Waals surface area contributed by atoms with Crippen LogP contribution in [0.2, 0.25) is 0 Å². The molecule has 2 rings (SSSR count). The van der Waals surface area contributed by atoms with Crippen LogP contribution in [0.4, 0.5) is 5.69 Å². The van der Waals surface area contributed by atoms with Gasteiger partial charge in [0, 0.05) is 6.07 Å². The molecule has 0 saturated carbocycles. The van der Waals surface area contributed by atoms with Gasteiger partial charge in [0.25, 0.3) is 0 Å². The predicted molar refractivity (Wildman–Crippen MR) is 58.7 cm³/mol. The topological polar surface area (TPSA) is 96.6 Å². The van der Waals surface area contributed by atoms with Crippen LogP contribution in [-0.4, -0.2) is 17.0 Å². The van der Waals surface area contributed by atoms with E-state index in [0.29, 0.717) is 0 Å². The molecule has 0 saturated heterocycles. The fraction of sp³-hybridized carbons (Fsp3) is 0. The highest BCUT2D eigenvalue weighted by Crippen LogP contribution is 2.19. The molecule has 0 aliphatic heterocycles. The van der Waals surface area contributed by atoms with Crippen molar-refractivity contribution >= 4 is 28.5 Å². The van der Waals surface area contributed by atoms with Crippen molar-refractivity contribution in [1.29, 1.82) is 0 Å². The molecule has 0 bridgehead atoms. The SMILES string of the molecule is O=C(O)C(=O)Nc1cccc2occc(=O)c12. The molecular weight excluding hydrogens is 226 g/mol. The minimum atomic E-state index is -1.62. The average Bonchev–Trinajstić information content (AvgIpc) is 2.29. The van der Waals surface area contributed by atoms with Crippen LogP contribution in [0.5, 0.6) is 0 Å². The molecule has 0 spiro atoms. The van der Waals surface area contributed by atoms with Gasteiger partial charge in [0.2, 0.25) is 0 Å². The van der Waals surface area contributed by atoms with Gasteiger partial charge in [-0.05, 0) is 12.1 Å². The molecule has 6 heteroatoms. The van der Waals surface area contributed by atoms with Crippen molar-refractivity contribution in [1.82, 2.24) is 0 Å². The minimum Gasteiger partial charge on any atom is -0.474 e. The Morgan fingerprint density at radius 2 is 2.00 bits per heavy atom. The maximum absolute atomic E-state index is 11.6. The molecule has 0 fully saturated rings. The van der Waals surface area contributed by atoms with Crippen LogP contribution in [0.1, 0.15) is 0 Å². The number of rotatable bonds is 1. The summed E-state index contributed by atoms with van der Waals surface area (Å²) in [4.78, 5) is 33.0. The van der Waals surface area contributed by atoms with E-state index in [1.165, 1.54) is 18.4 Å². The Bertz CT molecular complexity index is 653. The Morgan fingerprint density at radius 3 is 2.71 bits per heavy atom.